The van der Waals surface area contributed by atoms with Crippen LogP contribution in [0.15, 0.2) is 107 Å². The minimum absolute atomic E-state index is 0.0643. The number of aromatic nitrogens is 2. The Morgan fingerprint density at radius 1 is 1.00 bits per heavy atom. The van der Waals surface area contributed by atoms with Crippen molar-refractivity contribution in [1.29, 1.82) is 0 Å². The molecule has 8 heteroatoms. The number of halogens is 1. The molecule has 2 heterocycles. The van der Waals surface area contributed by atoms with Gasteiger partial charge < -0.3 is 14.3 Å². The molecule has 0 bridgehead atoms. The van der Waals surface area contributed by atoms with E-state index in [9.17, 15) is 9.59 Å². The summed E-state index contributed by atoms with van der Waals surface area (Å²) in [5.41, 5.74) is 2.59. The Morgan fingerprint density at radius 2 is 1.65 bits per heavy atom. The quantitative estimate of drug-likeness (QED) is 0.208. The molecule has 1 aromatic heterocycles. The van der Waals surface area contributed by atoms with E-state index in [1.165, 1.54) is 0 Å². The molecule has 1 aliphatic heterocycles. The van der Waals surface area contributed by atoms with Crippen LogP contribution in [0.25, 0.3) is 11.4 Å². The first-order valence-corrected chi connectivity index (χ1v) is 14.2. The highest BCUT2D eigenvalue weighted by Crippen LogP contribution is 2.32. The van der Waals surface area contributed by atoms with Crippen LogP contribution in [-0.4, -0.2) is 51.4 Å². The van der Waals surface area contributed by atoms with E-state index in [0.29, 0.717) is 18.3 Å². The molecule has 1 fully saturated rings. The topological polar surface area (TPSA) is 79.5 Å². The first-order chi connectivity index (χ1) is 19.5. The third-order valence-electron chi connectivity index (χ3n) is 7.15. The van der Waals surface area contributed by atoms with Gasteiger partial charge >= 0.3 is 0 Å². The zero-order chi connectivity index (χ0) is 27.9. The number of rotatable bonds is 9. The number of piperidine rings is 1. The molecular formula is C32H31BrN4O3. The molecule has 204 valence electrons. The van der Waals surface area contributed by atoms with E-state index in [-0.39, 0.29) is 30.9 Å². The minimum Gasteiger partial charge on any atom is -0.337 e. The molecule has 4 aromatic rings. The zero-order valence-corrected chi connectivity index (χ0v) is 23.7. The predicted octanol–water partition coefficient (Wildman–Crippen LogP) is 6.40. The monoisotopic (exact) mass is 598 g/mol. The summed E-state index contributed by atoms with van der Waals surface area (Å²) in [6.45, 7) is 4.61. The standard InChI is InChI=1S/C32H31BrN4O3/c1-2-20-36(32(39)29(23-11-5-3-6-12-23)24-13-7-4-8-14-24)22-28(38)37-21-10-9-15-27(37)31-34-30(35-40-31)25-16-18-26(33)19-17-25/h2-8,11-14,16-19,27,29H,1,9-10,15,20-22H2. The second-order valence-electron chi connectivity index (χ2n) is 9.82. The molecule has 1 saturated heterocycles. The molecule has 0 saturated carbocycles. The predicted molar refractivity (Wildman–Crippen MR) is 157 cm³/mol. The lowest BCUT2D eigenvalue weighted by Gasteiger charge is -2.35. The molecule has 0 N–H and O–H groups in total. The van der Waals surface area contributed by atoms with Gasteiger partial charge in [-0.05, 0) is 54.7 Å². The van der Waals surface area contributed by atoms with E-state index in [0.717, 1.165) is 40.4 Å². The average molecular weight is 600 g/mol. The van der Waals surface area contributed by atoms with Crippen LogP contribution < -0.4 is 0 Å². The first kappa shape index (κ1) is 27.5. The average Bonchev–Trinajstić information content (AvgIpc) is 3.49. The maximum atomic E-state index is 14.1. The Kier molecular flexibility index (Phi) is 8.86. The third kappa shape index (κ3) is 6.23. The van der Waals surface area contributed by atoms with Crippen molar-refractivity contribution in [2.24, 2.45) is 0 Å². The zero-order valence-electron chi connectivity index (χ0n) is 22.2. The fraction of sp³-hybridized carbons (Fsp3) is 0.250. The van der Waals surface area contributed by atoms with Crippen LogP contribution >= 0.6 is 15.9 Å². The van der Waals surface area contributed by atoms with Crippen LogP contribution in [0.3, 0.4) is 0 Å². The van der Waals surface area contributed by atoms with Gasteiger partial charge in [-0.3, -0.25) is 9.59 Å². The van der Waals surface area contributed by atoms with Crippen molar-refractivity contribution in [3.63, 3.8) is 0 Å². The Balaban J connectivity index is 1.38. The van der Waals surface area contributed by atoms with E-state index in [1.807, 2.05) is 84.9 Å². The van der Waals surface area contributed by atoms with Gasteiger partial charge in [-0.25, -0.2) is 0 Å². The maximum absolute atomic E-state index is 14.1. The van der Waals surface area contributed by atoms with Gasteiger partial charge in [0, 0.05) is 23.1 Å². The number of carbonyl (C=O) groups excluding carboxylic acids is 2. The van der Waals surface area contributed by atoms with Crippen LogP contribution in [0.2, 0.25) is 0 Å². The maximum Gasteiger partial charge on any atom is 0.249 e. The normalized spacial score (nSPS) is 15.2. The second-order valence-corrected chi connectivity index (χ2v) is 10.7. The number of hydrogen-bond acceptors (Lipinski definition) is 5. The number of amides is 2. The summed E-state index contributed by atoms with van der Waals surface area (Å²) in [6, 6.07) is 26.7. The third-order valence-corrected chi connectivity index (χ3v) is 7.68. The summed E-state index contributed by atoms with van der Waals surface area (Å²) < 4.78 is 6.62. The van der Waals surface area contributed by atoms with Crippen LogP contribution in [0.1, 0.15) is 48.2 Å². The van der Waals surface area contributed by atoms with Gasteiger partial charge in [-0.15, -0.1) is 6.58 Å². The highest BCUT2D eigenvalue weighted by molar-refractivity contribution is 9.10. The molecule has 1 aliphatic rings. The molecule has 0 radical (unpaired) electrons. The molecule has 1 atom stereocenters. The van der Waals surface area contributed by atoms with Gasteiger partial charge in [0.1, 0.15) is 12.6 Å². The first-order valence-electron chi connectivity index (χ1n) is 13.4. The van der Waals surface area contributed by atoms with Gasteiger partial charge in [0.05, 0.1) is 5.92 Å². The molecule has 1 unspecified atom stereocenters. The van der Waals surface area contributed by atoms with E-state index < -0.39 is 5.92 Å². The molecule has 2 amide bonds. The van der Waals surface area contributed by atoms with E-state index in [1.54, 1.807) is 15.9 Å². The Bertz CT molecular complexity index is 1400. The van der Waals surface area contributed by atoms with Gasteiger partial charge in [0.25, 0.3) is 0 Å². The number of nitrogens with zero attached hydrogens (tertiary/aromatic N) is 4. The van der Waals surface area contributed by atoms with Crippen LogP contribution in [-0.2, 0) is 9.59 Å². The molecule has 40 heavy (non-hydrogen) atoms. The van der Waals surface area contributed by atoms with Crippen molar-refractivity contribution < 1.29 is 14.1 Å². The van der Waals surface area contributed by atoms with E-state index >= 15 is 0 Å². The fourth-order valence-corrected chi connectivity index (χ4v) is 5.43. The van der Waals surface area contributed by atoms with E-state index in [4.69, 9.17) is 4.52 Å². The smallest absolute Gasteiger partial charge is 0.249 e. The fourth-order valence-electron chi connectivity index (χ4n) is 5.17. The summed E-state index contributed by atoms with van der Waals surface area (Å²) in [5, 5.41) is 4.18. The van der Waals surface area contributed by atoms with Crippen molar-refractivity contribution in [2.45, 2.75) is 31.2 Å². The van der Waals surface area contributed by atoms with Crippen molar-refractivity contribution in [3.8, 4) is 11.4 Å². The van der Waals surface area contributed by atoms with Crippen molar-refractivity contribution in [1.82, 2.24) is 19.9 Å². The largest absolute Gasteiger partial charge is 0.337 e. The Labute approximate surface area is 242 Å². The lowest BCUT2D eigenvalue weighted by Crippen LogP contribution is -2.47. The summed E-state index contributed by atoms with van der Waals surface area (Å²) >= 11 is 3.44. The minimum atomic E-state index is -0.531. The van der Waals surface area contributed by atoms with Crippen molar-refractivity contribution in [3.05, 3.63) is 119 Å². The van der Waals surface area contributed by atoms with Crippen LogP contribution in [0.4, 0.5) is 0 Å². The van der Waals surface area contributed by atoms with Gasteiger partial charge in [0.15, 0.2) is 0 Å². The van der Waals surface area contributed by atoms with Gasteiger partial charge in [-0.2, -0.15) is 4.98 Å². The summed E-state index contributed by atoms with van der Waals surface area (Å²) in [6.07, 6.45) is 4.21. The second kappa shape index (κ2) is 12.9. The molecule has 0 spiro atoms. The van der Waals surface area contributed by atoms with Gasteiger partial charge in [-0.1, -0.05) is 87.8 Å². The molecule has 0 aliphatic carbocycles. The van der Waals surface area contributed by atoms with Crippen molar-refractivity contribution >= 4 is 27.7 Å². The van der Waals surface area contributed by atoms with E-state index in [2.05, 4.69) is 32.6 Å². The lowest BCUT2D eigenvalue weighted by molar-refractivity contribution is -0.143. The van der Waals surface area contributed by atoms with Crippen LogP contribution in [0.5, 0.6) is 0 Å². The number of hydrogen-bond donors (Lipinski definition) is 0. The molecule has 5 rings (SSSR count). The number of benzene rings is 3. The van der Waals surface area contributed by atoms with Crippen LogP contribution in [0, 0.1) is 0 Å². The SMILES string of the molecule is C=CCN(CC(=O)N1CCCCC1c1nc(-c2ccc(Br)cc2)no1)C(=O)C(c1ccccc1)c1ccccc1. The number of carbonyl (C=O) groups is 2. The lowest BCUT2D eigenvalue weighted by atomic mass is 9.90. The summed E-state index contributed by atoms with van der Waals surface area (Å²) in [4.78, 5) is 35.8. The van der Waals surface area contributed by atoms with Crippen molar-refractivity contribution in [2.75, 3.05) is 19.6 Å². The Hall–Kier alpha value is -4.04. The molecular weight excluding hydrogens is 568 g/mol. The van der Waals surface area contributed by atoms with Gasteiger partial charge in [0.2, 0.25) is 23.5 Å². The molecule has 7 nitrogen and oxygen atoms in total. The summed E-state index contributed by atoms with van der Waals surface area (Å²) in [7, 11) is 0. The number of likely N-dealkylation sites (tertiary alicyclic amines) is 1. The molecule has 3 aromatic carbocycles. The Morgan fingerprint density at radius 3 is 2.27 bits per heavy atom. The summed E-state index contributed by atoms with van der Waals surface area (Å²) in [5.74, 6) is 0.0749. The highest BCUT2D eigenvalue weighted by atomic mass is 79.9. The highest BCUT2D eigenvalue weighted by Gasteiger charge is 2.35.